The number of hydrogen-bond donors (Lipinski definition) is 1. The molecule has 4 nitrogen and oxygen atoms in total. The van der Waals surface area contributed by atoms with E-state index in [4.69, 9.17) is 0 Å². The number of benzene rings is 2. The van der Waals surface area contributed by atoms with E-state index in [9.17, 15) is 9.18 Å². The zero-order valence-electron chi connectivity index (χ0n) is 15.4. The number of nitrogens with zero attached hydrogens (tertiary/aromatic N) is 2. The molecule has 1 fully saturated rings. The lowest BCUT2D eigenvalue weighted by atomic mass is 10.1. The largest absolute Gasteiger partial charge is 0.349 e. The van der Waals surface area contributed by atoms with Gasteiger partial charge in [-0.25, -0.2) is 9.07 Å². The van der Waals surface area contributed by atoms with Crippen LogP contribution >= 0.6 is 0 Å². The molecule has 1 N–H and O–H groups in total. The lowest BCUT2D eigenvalue weighted by molar-refractivity contribution is 0.0936. The van der Waals surface area contributed by atoms with E-state index in [-0.39, 0.29) is 17.8 Å². The Morgan fingerprint density at radius 1 is 1.15 bits per heavy atom. The van der Waals surface area contributed by atoms with Gasteiger partial charge in [0, 0.05) is 17.8 Å². The smallest absolute Gasteiger partial charge is 0.255 e. The fraction of sp³-hybridized carbons (Fsp3) is 0.273. The van der Waals surface area contributed by atoms with Gasteiger partial charge < -0.3 is 5.32 Å². The summed E-state index contributed by atoms with van der Waals surface area (Å²) < 4.78 is 14.9. The number of hydrogen-bond acceptors (Lipinski definition) is 2. The highest BCUT2D eigenvalue weighted by Gasteiger charge is 2.30. The standard InChI is InChI=1S/C22H22FN3O/c1-14-3-5-17(6-4-14)21-20(22(27)24-15(2)16-7-8-16)13-26(25-21)19-11-9-18(23)10-12-19/h3-6,9-13,15-16H,7-8H2,1-2H3,(H,24,27). The summed E-state index contributed by atoms with van der Waals surface area (Å²) in [5, 5.41) is 7.73. The number of amides is 1. The first-order chi connectivity index (χ1) is 13.0. The second-order valence-electron chi connectivity index (χ2n) is 7.28. The van der Waals surface area contributed by atoms with Gasteiger partial charge in [0.1, 0.15) is 11.5 Å². The van der Waals surface area contributed by atoms with Crippen LogP contribution in [0.15, 0.2) is 54.7 Å². The Bertz CT molecular complexity index is 956. The van der Waals surface area contributed by atoms with E-state index in [1.807, 2.05) is 38.1 Å². The van der Waals surface area contributed by atoms with Crippen molar-refractivity contribution in [1.82, 2.24) is 15.1 Å². The normalized spacial score (nSPS) is 14.8. The van der Waals surface area contributed by atoms with Crippen LogP contribution in [0, 0.1) is 18.7 Å². The molecule has 0 saturated heterocycles. The summed E-state index contributed by atoms with van der Waals surface area (Å²) in [6, 6.07) is 14.2. The maximum absolute atomic E-state index is 13.2. The second-order valence-corrected chi connectivity index (χ2v) is 7.28. The number of nitrogens with one attached hydrogen (secondary N) is 1. The van der Waals surface area contributed by atoms with Crippen molar-refractivity contribution in [3.8, 4) is 16.9 Å². The lowest BCUT2D eigenvalue weighted by Gasteiger charge is -2.12. The molecule has 138 valence electrons. The van der Waals surface area contributed by atoms with Gasteiger partial charge in [-0.1, -0.05) is 29.8 Å². The van der Waals surface area contributed by atoms with Crippen molar-refractivity contribution in [2.45, 2.75) is 32.7 Å². The minimum atomic E-state index is -0.305. The average molecular weight is 363 g/mol. The summed E-state index contributed by atoms with van der Waals surface area (Å²) in [7, 11) is 0. The molecule has 1 aromatic heterocycles. The Morgan fingerprint density at radius 3 is 2.44 bits per heavy atom. The first-order valence-electron chi connectivity index (χ1n) is 9.25. The van der Waals surface area contributed by atoms with E-state index in [0.717, 1.165) is 11.1 Å². The quantitative estimate of drug-likeness (QED) is 0.725. The van der Waals surface area contributed by atoms with Crippen LogP contribution in [-0.2, 0) is 0 Å². The van der Waals surface area contributed by atoms with Crippen LogP contribution in [0.2, 0.25) is 0 Å². The molecule has 0 bridgehead atoms. The minimum Gasteiger partial charge on any atom is -0.349 e. The molecule has 1 amide bonds. The number of halogens is 1. The lowest BCUT2D eigenvalue weighted by Crippen LogP contribution is -2.34. The maximum atomic E-state index is 13.2. The van der Waals surface area contributed by atoms with Crippen molar-refractivity contribution in [3.63, 3.8) is 0 Å². The third kappa shape index (κ3) is 3.77. The summed E-state index contributed by atoms with van der Waals surface area (Å²) in [4.78, 5) is 12.9. The zero-order valence-corrected chi connectivity index (χ0v) is 15.4. The van der Waals surface area contributed by atoms with E-state index in [2.05, 4.69) is 10.4 Å². The molecule has 0 radical (unpaired) electrons. The number of aromatic nitrogens is 2. The molecular formula is C22H22FN3O. The van der Waals surface area contributed by atoms with Crippen molar-refractivity contribution in [2.24, 2.45) is 5.92 Å². The molecule has 1 unspecified atom stereocenters. The van der Waals surface area contributed by atoms with Crippen molar-refractivity contribution >= 4 is 5.91 Å². The van der Waals surface area contributed by atoms with Gasteiger partial charge >= 0.3 is 0 Å². The molecular weight excluding hydrogens is 341 g/mol. The minimum absolute atomic E-state index is 0.127. The van der Waals surface area contributed by atoms with Crippen molar-refractivity contribution in [1.29, 1.82) is 0 Å². The number of carbonyl (C=O) groups excluding carboxylic acids is 1. The van der Waals surface area contributed by atoms with Gasteiger partial charge in [-0.2, -0.15) is 5.10 Å². The Hall–Kier alpha value is -2.95. The van der Waals surface area contributed by atoms with Gasteiger partial charge in [-0.05, 0) is 56.9 Å². The van der Waals surface area contributed by atoms with Crippen molar-refractivity contribution in [3.05, 3.63) is 71.7 Å². The molecule has 1 atom stereocenters. The fourth-order valence-electron chi connectivity index (χ4n) is 3.19. The van der Waals surface area contributed by atoms with Gasteiger partial charge in [0.15, 0.2) is 0 Å². The van der Waals surface area contributed by atoms with Crippen LogP contribution < -0.4 is 5.32 Å². The molecule has 27 heavy (non-hydrogen) atoms. The summed E-state index contributed by atoms with van der Waals surface area (Å²) in [5.41, 5.74) is 3.88. The zero-order chi connectivity index (χ0) is 19.0. The molecule has 0 spiro atoms. The Balaban J connectivity index is 1.73. The van der Waals surface area contributed by atoms with E-state index in [1.165, 1.54) is 25.0 Å². The number of rotatable bonds is 5. The average Bonchev–Trinajstić information content (AvgIpc) is 3.42. The van der Waals surface area contributed by atoms with Crippen LogP contribution in [0.4, 0.5) is 4.39 Å². The van der Waals surface area contributed by atoms with Gasteiger partial charge in [0.2, 0.25) is 0 Å². The van der Waals surface area contributed by atoms with Gasteiger partial charge in [0.25, 0.3) is 5.91 Å². The monoisotopic (exact) mass is 363 g/mol. The van der Waals surface area contributed by atoms with E-state index < -0.39 is 0 Å². The number of aryl methyl sites for hydroxylation is 1. The van der Waals surface area contributed by atoms with E-state index >= 15 is 0 Å². The Morgan fingerprint density at radius 2 is 1.81 bits per heavy atom. The predicted octanol–water partition coefficient (Wildman–Crippen LogP) is 4.52. The molecule has 3 aromatic rings. The highest BCUT2D eigenvalue weighted by Crippen LogP contribution is 2.33. The Labute approximate surface area is 158 Å². The summed E-state index contributed by atoms with van der Waals surface area (Å²) in [5.74, 6) is 0.142. The van der Waals surface area contributed by atoms with Crippen LogP contribution in [-0.4, -0.2) is 21.7 Å². The summed E-state index contributed by atoms with van der Waals surface area (Å²) >= 11 is 0. The molecule has 1 heterocycles. The molecule has 1 saturated carbocycles. The Kier molecular flexibility index (Phi) is 4.52. The highest BCUT2D eigenvalue weighted by molar-refractivity contribution is 6.00. The molecule has 1 aliphatic carbocycles. The van der Waals surface area contributed by atoms with Gasteiger partial charge in [0.05, 0.1) is 11.3 Å². The van der Waals surface area contributed by atoms with Crippen LogP contribution in [0.5, 0.6) is 0 Å². The van der Waals surface area contributed by atoms with Gasteiger partial charge in [-0.15, -0.1) is 0 Å². The second kappa shape index (κ2) is 6.99. The van der Waals surface area contributed by atoms with Crippen LogP contribution in [0.3, 0.4) is 0 Å². The third-order valence-corrected chi connectivity index (χ3v) is 5.06. The molecule has 1 aliphatic rings. The fourth-order valence-corrected chi connectivity index (χ4v) is 3.19. The SMILES string of the molecule is Cc1ccc(-c2nn(-c3ccc(F)cc3)cc2C(=O)NC(C)C2CC2)cc1. The summed E-state index contributed by atoms with van der Waals surface area (Å²) in [6.07, 6.45) is 4.06. The van der Waals surface area contributed by atoms with Crippen molar-refractivity contribution in [2.75, 3.05) is 0 Å². The molecule has 5 heteroatoms. The maximum Gasteiger partial charge on any atom is 0.255 e. The first kappa shape index (κ1) is 17.5. The van der Waals surface area contributed by atoms with E-state index in [0.29, 0.717) is 22.9 Å². The number of carbonyl (C=O) groups is 1. The van der Waals surface area contributed by atoms with Crippen LogP contribution in [0.25, 0.3) is 16.9 Å². The van der Waals surface area contributed by atoms with Crippen LogP contribution in [0.1, 0.15) is 35.7 Å². The first-order valence-corrected chi connectivity index (χ1v) is 9.25. The molecule has 0 aliphatic heterocycles. The molecule has 4 rings (SSSR count). The van der Waals surface area contributed by atoms with Gasteiger partial charge in [-0.3, -0.25) is 4.79 Å². The van der Waals surface area contributed by atoms with Crippen molar-refractivity contribution < 1.29 is 9.18 Å². The van der Waals surface area contributed by atoms with E-state index in [1.54, 1.807) is 23.0 Å². The topological polar surface area (TPSA) is 46.9 Å². The third-order valence-electron chi connectivity index (χ3n) is 5.06. The summed E-state index contributed by atoms with van der Waals surface area (Å²) in [6.45, 7) is 4.07. The highest BCUT2D eigenvalue weighted by atomic mass is 19.1. The molecule has 2 aromatic carbocycles. The predicted molar refractivity (Wildman–Crippen MR) is 103 cm³/mol.